The first kappa shape index (κ1) is 27.4. The van der Waals surface area contributed by atoms with Gasteiger partial charge in [0, 0.05) is 29.4 Å². The molecule has 0 radical (unpaired) electrons. The third-order valence-electron chi connectivity index (χ3n) is 5.16. The summed E-state index contributed by atoms with van der Waals surface area (Å²) in [6, 6.07) is 9.78. The van der Waals surface area contributed by atoms with E-state index in [1.807, 2.05) is 25.3 Å². The topological polar surface area (TPSA) is 132 Å². The number of nitro groups is 1. The van der Waals surface area contributed by atoms with E-state index in [2.05, 4.69) is 20.8 Å². The molecule has 1 heterocycles. The summed E-state index contributed by atoms with van der Waals surface area (Å²) >= 11 is 13.3. The third-order valence-corrected chi connectivity index (χ3v) is 6.68. The van der Waals surface area contributed by atoms with E-state index in [1.165, 1.54) is 42.1 Å². The Bertz CT molecular complexity index is 1270. The lowest BCUT2D eigenvalue weighted by molar-refractivity contribution is -0.384. The van der Waals surface area contributed by atoms with Crippen molar-refractivity contribution in [3.05, 3.63) is 74.0 Å². The molecule has 13 heteroatoms. The number of aromatic nitrogens is 3. The van der Waals surface area contributed by atoms with Gasteiger partial charge in [-0.1, -0.05) is 48.8 Å². The average molecular weight is 551 g/mol. The van der Waals surface area contributed by atoms with Crippen LogP contribution in [0.4, 0.5) is 11.4 Å². The SMILES string of the molecule is CCn1c(SCC(=O)Nc2ccc([N+](=O)[O-])cc2)nnc1[C@@H](NC(=O)c1ccc(Cl)cc1Cl)C(C)C. The maximum absolute atomic E-state index is 12.9. The van der Waals surface area contributed by atoms with E-state index >= 15 is 0 Å². The van der Waals surface area contributed by atoms with E-state index in [0.29, 0.717) is 33.8 Å². The normalized spacial score (nSPS) is 11.8. The van der Waals surface area contributed by atoms with E-state index in [0.717, 1.165) is 0 Å². The average Bonchev–Trinajstić information content (AvgIpc) is 3.23. The number of halogens is 2. The third kappa shape index (κ3) is 6.74. The molecule has 0 aliphatic rings. The van der Waals surface area contributed by atoms with Crippen molar-refractivity contribution in [2.75, 3.05) is 11.1 Å². The molecule has 2 amide bonds. The molecule has 2 N–H and O–H groups in total. The van der Waals surface area contributed by atoms with Gasteiger partial charge in [-0.2, -0.15) is 0 Å². The molecule has 0 unspecified atom stereocenters. The van der Waals surface area contributed by atoms with Crippen LogP contribution in [0.3, 0.4) is 0 Å². The van der Waals surface area contributed by atoms with Crippen LogP contribution in [-0.4, -0.2) is 37.3 Å². The van der Waals surface area contributed by atoms with E-state index in [-0.39, 0.29) is 34.2 Å². The highest BCUT2D eigenvalue weighted by Gasteiger charge is 2.27. The summed E-state index contributed by atoms with van der Waals surface area (Å²) in [7, 11) is 0. The van der Waals surface area contributed by atoms with E-state index in [9.17, 15) is 19.7 Å². The highest BCUT2D eigenvalue weighted by Crippen LogP contribution is 2.27. The first-order valence-electron chi connectivity index (χ1n) is 11.0. The Labute approximate surface area is 221 Å². The van der Waals surface area contributed by atoms with Gasteiger partial charge in [0.2, 0.25) is 5.91 Å². The van der Waals surface area contributed by atoms with Crippen LogP contribution in [0.1, 0.15) is 43.0 Å². The lowest BCUT2D eigenvalue weighted by atomic mass is 10.0. The van der Waals surface area contributed by atoms with Gasteiger partial charge in [0.05, 0.1) is 27.3 Å². The molecule has 0 aliphatic heterocycles. The van der Waals surface area contributed by atoms with Gasteiger partial charge in [-0.25, -0.2) is 0 Å². The zero-order chi connectivity index (χ0) is 26.4. The maximum atomic E-state index is 12.9. The summed E-state index contributed by atoms with van der Waals surface area (Å²) in [4.78, 5) is 35.6. The maximum Gasteiger partial charge on any atom is 0.269 e. The number of thioether (sulfide) groups is 1. The Morgan fingerprint density at radius 3 is 2.42 bits per heavy atom. The molecule has 0 saturated heterocycles. The van der Waals surface area contributed by atoms with Gasteiger partial charge in [-0.15, -0.1) is 10.2 Å². The zero-order valence-corrected chi connectivity index (χ0v) is 22.0. The quantitative estimate of drug-likeness (QED) is 0.197. The van der Waals surface area contributed by atoms with Crippen LogP contribution >= 0.6 is 35.0 Å². The number of nitro benzene ring substituents is 1. The van der Waals surface area contributed by atoms with Crippen LogP contribution in [0.15, 0.2) is 47.6 Å². The second-order valence-corrected chi connectivity index (χ2v) is 9.83. The number of hydrogen-bond donors (Lipinski definition) is 2. The van der Waals surface area contributed by atoms with Gasteiger partial charge in [-0.3, -0.25) is 19.7 Å². The first-order valence-corrected chi connectivity index (χ1v) is 12.7. The zero-order valence-electron chi connectivity index (χ0n) is 19.7. The molecule has 0 bridgehead atoms. The summed E-state index contributed by atoms with van der Waals surface area (Å²) in [6.07, 6.45) is 0. The van der Waals surface area contributed by atoms with Crippen molar-refractivity contribution >= 4 is 58.2 Å². The number of rotatable bonds is 10. The Hall–Kier alpha value is -3.15. The Balaban J connectivity index is 1.70. The van der Waals surface area contributed by atoms with Crippen molar-refractivity contribution in [2.45, 2.75) is 38.5 Å². The van der Waals surface area contributed by atoms with Gasteiger partial charge in [0.25, 0.3) is 11.6 Å². The minimum Gasteiger partial charge on any atom is -0.342 e. The number of hydrogen-bond acceptors (Lipinski definition) is 7. The fourth-order valence-corrected chi connectivity index (χ4v) is 4.65. The predicted molar refractivity (Wildman–Crippen MR) is 140 cm³/mol. The van der Waals surface area contributed by atoms with Crippen LogP contribution in [0.5, 0.6) is 0 Å². The van der Waals surface area contributed by atoms with Gasteiger partial charge >= 0.3 is 0 Å². The molecule has 3 aromatic rings. The summed E-state index contributed by atoms with van der Waals surface area (Å²) in [5.41, 5.74) is 0.690. The fraction of sp³-hybridized carbons (Fsp3) is 0.304. The smallest absolute Gasteiger partial charge is 0.269 e. The lowest BCUT2D eigenvalue weighted by Crippen LogP contribution is -2.34. The van der Waals surface area contributed by atoms with Crippen molar-refractivity contribution in [1.29, 1.82) is 0 Å². The minimum atomic E-state index is -0.506. The second kappa shape index (κ2) is 12.2. The molecule has 0 saturated carbocycles. The predicted octanol–water partition coefficient (Wildman–Crippen LogP) is 5.37. The van der Waals surface area contributed by atoms with Crippen molar-refractivity contribution in [3.63, 3.8) is 0 Å². The van der Waals surface area contributed by atoms with Crippen molar-refractivity contribution in [2.24, 2.45) is 5.92 Å². The largest absolute Gasteiger partial charge is 0.342 e. The molecule has 1 aromatic heterocycles. The number of amides is 2. The van der Waals surface area contributed by atoms with E-state index < -0.39 is 11.0 Å². The van der Waals surface area contributed by atoms with Crippen LogP contribution in [0.25, 0.3) is 0 Å². The number of benzene rings is 2. The van der Waals surface area contributed by atoms with E-state index in [1.54, 1.807) is 12.1 Å². The lowest BCUT2D eigenvalue weighted by Gasteiger charge is -2.22. The van der Waals surface area contributed by atoms with Gasteiger partial charge in [-0.05, 0) is 43.2 Å². The van der Waals surface area contributed by atoms with Crippen LogP contribution in [0, 0.1) is 16.0 Å². The Kier molecular flexibility index (Phi) is 9.30. The molecule has 36 heavy (non-hydrogen) atoms. The molecule has 0 spiro atoms. The highest BCUT2D eigenvalue weighted by atomic mass is 35.5. The van der Waals surface area contributed by atoms with Gasteiger partial charge < -0.3 is 15.2 Å². The van der Waals surface area contributed by atoms with Gasteiger partial charge in [0.1, 0.15) is 0 Å². The van der Waals surface area contributed by atoms with Gasteiger partial charge in [0.15, 0.2) is 11.0 Å². The number of anilines is 1. The standard InChI is InChI=1S/C23H24Cl2N6O4S/c1-4-30-21(20(13(2)3)27-22(33)17-10-5-14(24)11-18(17)25)28-29-23(30)36-12-19(32)26-15-6-8-16(9-7-15)31(34)35/h5-11,13,20H,4,12H2,1-3H3,(H,26,32)(H,27,33)/t20-/m0/s1. The fourth-order valence-electron chi connectivity index (χ4n) is 3.35. The van der Waals surface area contributed by atoms with Crippen LogP contribution in [-0.2, 0) is 11.3 Å². The number of nitrogens with zero attached hydrogens (tertiary/aromatic N) is 4. The number of carbonyl (C=O) groups is 2. The van der Waals surface area contributed by atoms with Crippen LogP contribution < -0.4 is 10.6 Å². The summed E-state index contributed by atoms with van der Waals surface area (Å²) in [5, 5.41) is 26.2. The molecular formula is C23H24Cl2N6O4S. The molecule has 10 nitrogen and oxygen atoms in total. The highest BCUT2D eigenvalue weighted by molar-refractivity contribution is 7.99. The Morgan fingerprint density at radius 1 is 1.14 bits per heavy atom. The minimum absolute atomic E-state index is 0.0159. The number of non-ortho nitro benzene ring substituents is 1. The van der Waals surface area contributed by atoms with Crippen molar-refractivity contribution in [1.82, 2.24) is 20.1 Å². The number of carbonyl (C=O) groups excluding carboxylic acids is 2. The first-order chi connectivity index (χ1) is 17.1. The second-order valence-electron chi connectivity index (χ2n) is 8.05. The number of nitrogens with one attached hydrogen (secondary N) is 2. The summed E-state index contributed by atoms with van der Waals surface area (Å²) < 4.78 is 1.85. The van der Waals surface area contributed by atoms with Crippen molar-refractivity contribution < 1.29 is 14.5 Å². The van der Waals surface area contributed by atoms with Crippen molar-refractivity contribution in [3.8, 4) is 0 Å². The van der Waals surface area contributed by atoms with E-state index in [4.69, 9.17) is 23.2 Å². The molecule has 0 fully saturated rings. The molecular weight excluding hydrogens is 527 g/mol. The molecule has 0 aliphatic carbocycles. The Morgan fingerprint density at radius 2 is 1.83 bits per heavy atom. The monoisotopic (exact) mass is 550 g/mol. The summed E-state index contributed by atoms with van der Waals surface area (Å²) in [5.74, 6) is -0.0688. The summed E-state index contributed by atoms with van der Waals surface area (Å²) in [6.45, 7) is 6.35. The van der Waals surface area contributed by atoms with Crippen LogP contribution in [0.2, 0.25) is 10.0 Å². The molecule has 3 rings (SSSR count). The molecule has 2 aromatic carbocycles. The molecule has 1 atom stereocenters. The molecule has 190 valence electrons.